The number of ether oxygens (including phenoxy) is 2. The second-order valence-corrected chi connectivity index (χ2v) is 7.22. The zero-order valence-corrected chi connectivity index (χ0v) is 16.4. The van der Waals surface area contributed by atoms with Crippen LogP contribution in [0.3, 0.4) is 0 Å². The highest BCUT2D eigenvalue weighted by Crippen LogP contribution is 2.32. The topological polar surface area (TPSA) is 76.6 Å². The number of aromatic nitrogens is 2. The van der Waals surface area contributed by atoms with Gasteiger partial charge < -0.3 is 19.7 Å². The van der Waals surface area contributed by atoms with Crippen molar-refractivity contribution in [3.05, 3.63) is 47.4 Å². The predicted octanol–water partition coefficient (Wildman–Crippen LogP) is 2.94. The molecule has 0 saturated carbocycles. The number of hydrogen-bond donors (Lipinski definition) is 1. The van der Waals surface area contributed by atoms with E-state index in [0.29, 0.717) is 24.7 Å². The molecular weight excluding hydrogens is 356 g/mol. The molecule has 1 aromatic carbocycles. The number of benzene rings is 1. The van der Waals surface area contributed by atoms with Gasteiger partial charge in [0.05, 0.1) is 13.2 Å². The second kappa shape index (κ2) is 7.85. The summed E-state index contributed by atoms with van der Waals surface area (Å²) in [5, 5.41) is 2.99. The number of piperidine rings is 1. The number of nitrogens with zero attached hydrogens (tertiary/aromatic N) is 3. The average molecular weight is 382 g/mol. The monoisotopic (exact) mass is 382 g/mol. The van der Waals surface area contributed by atoms with Crippen molar-refractivity contribution < 1.29 is 14.3 Å². The first-order valence-electron chi connectivity index (χ1n) is 9.86. The molecule has 0 bridgehead atoms. The first-order chi connectivity index (χ1) is 13.6. The number of aryl methyl sites for hydroxylation is 2. The van der Waals surface area contributed by atoms with Gasteiger partial charge in [0.15, 0.2) is 5.79 Å². The van der Waals surface area contributed by atoms with E-state index in [-0.39, 0.29) is 5.91 Å². The molecule has 4 rings (SSSR count). The van der Waals surface area contributed by atoms with Crippen LogP contribution in [-0.4, -0.2) is 48.0 Å². The van der Waals surface area contributed by atoms with Gasteiger partial charge in [0.1, 0.15) is 17.3 Å². The summed E-state index contributed by atoms with van der Waals surface area (Å²) in [5.41, 5.74) is 2.30. The van der Waals surface area contributed by atoms with E-state index in [1.807, 2.05) is 31.2 Å². The van der Waals surface area contributed by atoms with Crippen LogP contribution in [0.4, 0.5) is 11.5 Å². The lowest BCUT2D eigenvalue weighted by atomic mass is 10.0. The molecule has 3 heterocycles. The molecule has 1 spiro atoms. The zero-order valence-electron chi connectivity index (χ0n) is 16.4. The van der Waals surface area contributed by atoms with Crippen molar-refractivity contribution >= 4 is 17.4 Å². The third-order valence-electron chi connectivity index (χ3n) is 5.37. The van der Waals surface area contributed by atoms with E-state index in [0.717, 1.165) is 49.4 Å². The summed E-state index contributed by atoms with van der Waals surface area (Å²) in [5.74, 6) is 0.709. The van der Waals surface area contributed by atoms with Gasteiger partial charge in [0.25, 0.3) is 5.91 Å². The largest absolute Gasteiger partial charge is 0.356 e. The third-order valence-corrected chi connectivity index (χ3v) is 5.37. The minimum absolute atomic E-state index is 0.219. The van der Waals surface area contributed by atoms with Gasteiger partial charge in [0, 0.05) is 37.7 Å². The Morgan fingerprint density at radius 1 is 1.18 bits per heavy atom. The molecule has 2 aromatic rings. The standard InChI is InChI=1S/C21H26N4O3/c1-3-16-6-4-5-7-17(16)24-20(26)18-14-19(23-15(2)22-18)25-10-8-21(9-11-25)27-12-13-28-21/h4-7,14H,3,8-13H2,1-2H3,(H,24,26). The Kier molecular flexibility index (Phi) is 5.28. The average Bonchev–Trinajstić information content (AvgIpc) is 3.16. The highest BCUT2D eigenvalue weighted by atomic mass is 16.7. The van der Waals surface area contributed by atoms with Crippen molar-refractivity contribution in [3.8, 4) is 0 Å². The van der Waals surface area contributed by atoms with E-state index in [9.17, 15) is 4.79 Å². The SMILES string of the molecule is CCc1ccccc1NC(=O)c1cc(N2CCC3(CC2)OCCO3)nc(C)n1. The normalized spacial score (nSPS) is 18.4. The summed E-state index contributed by atoms with van der Waals surface area (Å²) < 4.78 is 11.6. The molecule has 1 amide bonds. The van der Waals surface area contributed by atoms with Crippen LogP contribution in [0, 0.1) is 6.92 Å². The molecule has 0 radical (unpaired) electrons. The molecule has 28 heavy (non-hydrogen) atoms. The Morgan fingerprint density at radius 3 is 2.61 bits per heavy atom. The highest BCUT2D eigenvalue weighted by molar-refractivity contribution is 6.03. The molecule has 148 valence electrons. The molecule has 7 heteroatoms. The number of anilines is 2. The van der Waals surface area contributed by atoms with Crippen LogP contribution in [-0.2, 0) is 15.9 Å². The fourth-order valence-electron chi connectivity index (χ4n) is 3.83. The number of nitrogens with one attached hydrogen (secondary N) is 1. The number of rotatable bonds is 4. The Labute approximate surface area is 165 Å². The molecule has 2 saturated heterocycles. The molecule has 0 atom stereocenters. The summed E-state index contributed by atoms with van der Waals surface area (Å²) >= 11 is 0. The minimum Gasteiger partial charge on any atom is -0.356 e. The van der Waals surface area contributed by atoms with Gasteiger partial charge in [-0.15, -0.1) is 0 Å². The van der Waals surface area contributed by atoms with Crippen molar-refractivity contribution in [3.63, 3.8) is 0 Å². The molecule has 2 aliphatic heterocycles. The smallest absolute Gasteiger partial charge is 0.274 e. The van der Waals surface area contributed by atoms with E-state index < -0.39 is 5.79 Å². The number of carbonyl (C=O) groups excluding carboxylic acids is 1. The van der Waals surface area contributed by atoms with Crippen molar-refractivity contribution in [1.29, 1.82) is 0 Å². The number of para-hydroxylation sites is 1. The quantitative estimate of drug-likeness (QED) is 0.876. The maximum Gasteiger partial charge on any atom is 0.274 e. The van der Waals surface area contributed by atoms with Crippen LogP contribution >= 0.6 is 0 Å². The molecule has 7 nitrogen and oxygen atoms in total. The Bertz CT molecular complexity index is 854. The van der Waals surface area contributed by atoms with E-state index in [1.54, 1.807) is 6.07 Å². The first-order valence-corrected chi connectivity index (χ1v) is 9.86. The summed E-state index contributed by atoms with van der Waals surface area (Å²) in [7, 11) is 0. The van der Waals surface area contributed by atoms with Gasteiger partial charge >= 0.3 is 0 Å². The summed E-state index contributed by atoms with van der Waals surface area (Å²) in [4.78, 5) is 23.9. The number of hydrogen-bond acceptors (Lipinski definition) is 6. The lowest BCUT2D eigenvalue weighted by molar-refractivity contribution is -0.169. The van der Waals surface area contributed by atoms with E-state index >= 15 is 0 Å². The van der Waals surface area contributed by atoms with Crippen LogP contribution in [0.15, 0.2) is 30.3 Å². The number of carbonyl (C=O) groups is 1. The predicted molar refractivity (Wildman–Crippen MR) is 107 cm³/mol. The summed E-state index contributed by atoms with van der Waals surface area (Å²) in [6.45, 7) is 6.76. The Hall–Kier alpha value is -2.51. The van der Waals surface area contributed by atoms with E-state index in [1.165, 1.54) is 0 Å². The van der Waals surface area contributed by atoms with Crippen molar-refractivity contribution in [2.24, 2.45) is 0 Å². The Morgan fingerprint density at radius 2 is 1.89 bits per heavy atom. The molecule has 1 N–H and O–H groups in total. The maximum atomic E-state index is 12.8. The van der Waals surface area contributed by atoms with Gasteiger partial charge in [-0.05, 0) is 25.0 Å². The fraction of sp³-hybridized carbons (Fsp3) is 0.476. The van der Waals surface area contributed by atoms with Crippen LogP contribution in [0.5, 0.6) is 0 Å². The molecule has 2 aliphatic rings. The van der Waals surface area contributed by atoms with Gasteiger partial charge in [0.2, 0.25) is 0 Å². The van der Waals surface area contributed by atoms with Gasteiger partial charge in [-0.2, -0.15) is 0 Å². The fourth-order valence-corrected chi connectivity index (χ4v) is 3.83. The van der Waals surface area contributed by atoms with Crippen LogP contribution < -0.4 is 10.2 Å². The summed E-state index contributed by atoms with van der Waals surface area (Å²) in [6, 6.07) is 9.59. The Balaban J connectivity index is 1.50. The van der Waals surface area contributed by atoms with Crippen molar-refractivity contribution in [1.82, 2.24) is 9.97 Å². The highest BCUT2D eigenvalue weighted by Gasteiger charge is 2.40. The van der Waals surface area contributed by atoms with Crippen LogP contribution in [0.1, 0.15) is 41.6 Å². The maximum absolute atomic E-state index is 12.8. The summed E-state index contributed by atoms with van der Waals surface area (Å²) in [6.07, 6.45) is 2.44. The zero-order chi connectivity index (χ0) is 19.6. The lowest BCUT2D eigenvalue weighted by Gasteiger charge is -2.38. The van der Waals surface area contributed by atoms with E-state index in [4.69, 9.17) is 9.47 Å². The molecule has 2 fully saturated rings. The van der Waals surface area contributed by atoms with Gasteiger partial charge in [-0.25, -0.2) is 9.97 Å². The van der Waals surface area contributed by atoms with Gasteiger partial charge in [-0.1, -0.05) is 25.1 Å². The molecule has 0 unspecified atom stereocenters. The number of amides is 1. The molecule has 0 aliphatic carbocycles. The first kappa shape index (κ1) is 18.8. The minimum atomic E-state index is -0.428. The van der Waals surface area contributed by atoms with E-state index in [2.05, 4.69) is 27.1 Å². The lowest BCUT2D eigenvalue weighted by Crippen LogP contribution is -2.45. The van der Waals surface area contributed by atoms with Crippen molar-refractivity contribution in [2.45, 2.75) is 38.9 Å². The van der Waals surface area contributed by atoms with Crippen molar-refractivity contribution in [2.75, 3.05) is 36.5 Å². The second-order valence-electron chi connectivity index (χ2n) is 7.22. The molecule has 1 aromatic heterocycles. The van der Waals surface area contributed by atoms with Crippen LogP contribution in [0.25, 0.3) is 0 Å². The van der Waals surface area contributed by atoms with Crippen LogP contribution in [0.2, 0.25) is 0 Å². The molecular formula is C21H26N4O3. The third kappa shape index (κ3) is 3.86. The van der Waals surface area contributed by atoms with Gasteiger partial charge in [-0.3, -0.25) is 4.79 Å².